The van der Waals surface area contributed by atoms with Gasteiger partial charge in [-0.1, -0.05) is 0 Å². The minimum absolute atomic E-state index is 0.211. The number of nitrogens with zero attached hydrogens (tertiary/aromatic N) is 1. The van der Waals surface area contributed by atoms with Gasteiger partial charge in [-0.25, -0.2) is 0 Å². The molecule has 1 saturated carbocycles. The van der Waals surface area contributed by atoms with Crippen LogP contribution in [-0.4, -0.2) is 22.9 Å². The number of aliphatic hydroxyl groups is 1. The van der Waals surface area contributed by atoms with Crippen LogP contribution in [0.25, 0.3) is 0 Å². The molecule has 2 atom stereocenters. The number of rotatable bonds is 5. The Balaban J connectivity index is 1.96. The summed E-state index contributed by atoms with van der Waals surface area (Å²) in [6, 6.07) is 2.01. The van der Waals surface area contributed by atoms with Crippen molar-refractivity contribution in [2.75, 3.05) is 7.11 Å². The minimum Gasteiger partial charge on any atom is -0.388 e. The van der Waals surface area contributed by atoms with Gasteiger partial charge in [-0.2, -0.15) is 0 Å². The van der Waals surface area contributed by atoms with E-state index in [0.29, 0.717) is 5.92 Å². The van der Waals surface area contributed by atoms with Crippen LogP contribution in [0, 0.1) is 5.92 Å². The smallest absolute Gasteiger partial charge is 0.0832 e. The highest BCUT2D eigenvalue weighted by atomic mass is 16.5. The first-order chi connectivity index (χ1) is 7.20. The average Bonchev–Trinajstić information content (AvgIpc) is 2.98. The van der Waals surface area contributed by atoms with Gasteiger partial charge in [-0.3, -0.25) is 0 Å². The highest BCUT2D eigenvalue weighted by molar-refractivity contribution is 5.16. The van der Waals surface area contributed by atoms with E-state index in [4.69, 9.17) is 4.74 Å². The maximum Gasteiger partial charge on any atom is 0.0832 e. The number of ether oxygens (including phenoxy) is 1. The normalized spacial score (nSPS) is 20.2. The van der Waals surface area contributed by atoms with E-state index in [1.807, 2.05) is 25.4 Å². The molecule has 1 N–H and O–H groups in total. The Morgan fingerprint density at radius 1 is 1.60 bits per heavy atom. The molecule has 0 aliphatic heterocycles. The molecular weight excluding hydrogens is 190 g/mol. The molecule has 0 spiro atoms. The van der Waals surface area contributed by atoms with Gasteiger partial charge in [-0.15, -0.1) is 0 Å². The van der Waals surface area contributed by atoms with Crippen molar-refractivity contribution < 1.29 is 9.84 Å². The molecule has 3 nitrogen and oxygen atoms in total. The van der Waals surface area contributed by atoms with Crippen LogP contribution in [0.4, 0.5) is 0 Å². The van der Waals surface area contributed by atoms with Crippen molar-refractivity contribution >= 4 is 0 Å². The molecule has 0 amide bonds. The Bertz CT molecular complexity index is 317. The molecule has 15 heavy (non-hydrogen) atoms. The number of aromatic nitrogens is 1. The van der Waals surface area contributed by atoms with E-state index in [1.165, 1.54) is 12.8 Å². The van der Waals surface area contributed by atoms with Crippen molar-refractivity contribution in [1.82, 2.24) is 4.57 Å². The third kappa shape index (κ3) is 2.61. The minimum atomic E-state index is -0.260. The van der Waals surface area contributed by atoms with Crippen LogP contribution in [0.3, 0.4) is 0 Å². The molecule has 1 aliphatic rings. The second-order valence-corrected chi connectivity index (χ2v) is 4.47. The van der Waals surface area contributed by atoms with Crippen molar-refractivity contribution in [3.63, 3.8) is 0 Å². The molecule has 0 saturated heterocycles. The van der Waals surface area contributed by atoms with Gasteiger partial charge in [0.2, 0.25) is 0 Å². The number of methoxy groups -OCH3 is 1. The summed E-state index contributed by atoms with van der Waals surface area (Å²) < 4.78 is 7.28. The van der Waals surface area contributed by atoms with Gasteiger partial charge in [0, 0.05) is 26.0 Å². The first-order valence-corrected chi connectivity index (χ1v) is 5.57. The van der Waals surface area contributed by atoms with Crippen LogP contribution in [0.15, 0.2) is 18.5 Å². The molecule has 3 heteroatoms. The molecule has 0 aromatic carbocycles. The molecule has 1 aromatic heterocycles. The van der Waals surface area contributed by atoms with E-state index in [-0.39, 0.29) is 12.2 Å². The van der Waals surface area contributed by atoms with Gasteiger partial charge in [0.15, 0.2) is 0 Å². The fourth-order valence-corrected chi connectivity index (χ4v) is 1.80. The van der Waals surface area contributed by atoms with Gasteiger partial charge in [0.25, 0.3) is 0 Å². The van der Waals surface area contributed by atoms with Crippen LogP contribution in [0.1, 0.15) is 31.4 Å². The SMILES string of the molecule is COC(C)Cn1ccc(C(O)C2CC2)c1. The quantitative estimate of drug-likeness (QED) is 0.804. The Morgan fingerprint density at radius 3 is 2.93 bits per heavy atom. The van der Waals surface area contributed by atoms with Gasteiger partial charge >= 0.3 is 0 Å². The fourth-order valence-electron chi connectivity index (χ4n) is 1.80. The monoisotopic (exact) mass is 209 g/mol. The maximum absolute atomic E-state index is 9.92. The Morgan fingerprint density at radius 2 is 2.33 bits per heavy atom. The Labute approximate surface area is 90.7 Å². The van der Waals surface area contributed by atoms with Crippen molar-refractivity contribution in [1.29, 1.82) is 0 Å². The zero-order chi connectivity index (χ0) is 10.8. The first kappa shape index (κ1) is 10.7. The maximum atomic E-state index is 9.92. The van der Waals surface area contributed by atoms with Crippen molar-refractivity contribution in [3.05, 3.63) is 24.0 Å². The highest BCUT2D eigenvalue weighted by Crippen LogP contribution is 2.40. The third-order valence-electron chi connectivity index (χ3n) is 3.05. The molecule has 1 heterocycles. The van der Waals surface area contributed by atoms with Gasteiger partial charge in [-0.05, 0) is 37.3 Å². The standard InChI is InChI=1S/C12H19NO2/c1-9(15-2)7-13-6-5-11(8-13)12(14)10-3-4-10/h5-6,8-10,12,14H,3-4,7H2,1-2H3. The second kappa shape index (κ2) is 4.37. The van der Waals surface area contributed by atoms with E-state index in [9.17, 15) is 5.11 Å². The van der Waals surface area contributed by atoms with Crippen LogP contribution in [-0.2, 0) is 11.3 Å². The van der Waals surface area contributed by atoms with Crippen LogP contribution >= 0.6 is 0 Å². The van der Waals surface area contributed by atoms with Crippen LogP contribution in [0.2, 0.25) is 0 Å². The summed E-state index contributed by atoms with van der Waals surface area (Å²) in [5.74, 6) is 0.501. The largest absolute Gasteiger partial charge is 0.388 e. The van der Waals surface area contributed by atoms with E-state index < -0.39 is 0 Å². The summed E-state index contributed by atoms with van der Waals surface area (Å²) in [4.78, 5) is 0. The van der Waals surface area contributed by atoms with Gasteiger partial charge < -0.3 is 14.4 Å². The number of aliphatic hydroxyl groups excluding tert-OH is 1. The zero-order valence-electron chi connectivity index (χ0n) is 9.39. The topological polar surface area (TPSA) is 34.4 Å². The lowest BCUT2D eigenvalue weighted by Gasteiger charge is -2.10. The molecule has 2 rings (SSSR count). The molecule has 1 aliphatic carbocycles. The van der Waals surface area contributed by atoms with E-state index in [2.05, 4.69) is 4.57 Å². The molecule has 0 radical (unpaired) electrons. The van der Waals surface area contributed by atoms with E-state index in [1.54, 1.807) is 7.11 Å². The lowest BCUT2D eigenvalue weighted by molar-refractivity contribution is 0.103. The predicted octanol–water partition coefficient (Wildman–Crippen LogP) is 1.97. The molecular formula is C12H19NO2. The summed E-state index contributed by atoms with van der Waals surface area (Å²) in [5, 5.41) is 9.92. The third-order valence-corrected chi connectivity index (χ3v) is 3.05. The highest BCUT2D eigenvalue weighted by Gasteiger charge is 2.31. The Hall–Kier alpha value is -0.800. The van der Waals surface area contributed by atoms with Crippen LogP contribution < -0.4 is 0 Å². The van der Waals surface area contributed by atoms with Crippen LogP contribution in [0.5, 0.6) is 0 Å². The molecule has 2 unspecified atom stereocenters. The summed E-state index contributed by atoms with van der Waals surface area (Å²) in [6.45, 7) is 2.88. The molecule has 1 fully saturated rings. The number of hydrogen-bond acceptors (Lipinski definition) is 2. The summed E-state index contributed by atoms with van der Waals surface area (Å²) in [7, 11) is 1.72. The van der Waals surface area contributed by atoms with Crippen molar-refractivity contribution in [2.24, 2.45) is 5.92 Å². The van der Waals surface area contributed by atoms with Crippen molar-refractivity contribution in [3.8, 4) is 0 Å². The fraction of sp³-hybridized carbons (Fsp3) is 0.667. The lowest BCUT2D eigenvalue weighted by atomic mass is 10.1. The van der Waals surface area contributed by atoms with E-state index in [0.717, 1.165) is 12.1 Å². The molecule has 0 bridgehead atoms. The zero-order valence-corrected chi connectivity index (χ0v) is 9.39. The summed E-state index contributed by atoms with van der Waals surface area (Å²) in [5.41, 5.74) is 1.04. The lowest BCUT2D eigenvalue weighted by Crippen LogP contribution is -2.13. The van der Waals surface area contributed by atoms with E-state index >= 15 is 0 Å². The van der Waals surface area contributed by atoms with Gasteiger partial charge in [0.1, 0.15) is 0 Å². The van der Waals surface area contributed by atoms with Crippen molar-refractivity contribution in [2.45, 2.75) is 38.5 Å². The number of hydrogen-bond donors (Lipinski definition) is 1. The Kier molecular flexibility index (Phi) is 3.12. The first-order valence-electron chi connectivity index (χ1n) is 5.57. The second-order valence-electron chi connectivity index (χ2n) is 4.47. The predicted molar refractivity (Wildman–Crippen MR) is 58.6 cm³/mol. The summed E-state index contributed by atoms with van der Waals surface area (Å²) >= 11 is 0. The average molecular weight is 209 g/mol. The van der Waals surface area contributed by atoms with Gasteiger partial charge in [0.05, 0.1) is 12.2 Å². The summed E-state index contributed by atoms with van der Waals surface area (Å²) in [6.07, 6.45) is 6.32. The molecule has 1 aromatic rings. The molecule has 84 valence electrons.